The summed E-state index contributed by atoms with van der Waals surface area (Å²) in [6, 6.07) is 11.1. The number of rotatable bonds is 10. The molecule has 2 aromatic carbocycles. The van der Waals surface area contributed by atoms with Crippen molar-refractivity contribution in [2.45, 2.75) is 38.6 Å². The molecule has 1 aromatic heterocycles. The number of benzene rings is 2. The van der Waals surface area contributed by atoms with E-state index in [1.807, 2.05) is 0 Å². The zero-order chi connectivity index (χ0) is 28.9. The zero-order valence-corrected chi connectivity index (χ0v) is 22.4. The largest absolute Gasteiger partial charge is 0.352 e. The Kier molecular flexibility index (Phi) is 8.63. The van der Waals surface area contributed by atoms with E-state index in [1.54, 1.807) is 18.2 Å². The molecule has 0 radical (unpaired) electrons. The van der Waals surface area contributed by atoms with Gasteiger partial charge in [0.2, 0.25) is 5.91 Å². The Hall–Kier alpha value is -4.25. The van der Waals surface area contributed by atoms with Crippen LogP contribution in [0.2, 0.25) is 0 Å². The summed E-state index contributed by atoms with van der Waals surface area (Å²) in [7, 11) is 0. The standard InChI is InChI=1S/C30H31F2N5O4/c31-24-13-20(14-25(32)17-24)18-36-11-7-19(8-12-36)5-9-34-29(38)23-3-4-26(27(15-23)37(40)41)22-6-10-33-28(16-22)35-30(39)21-1-2-21/h3-4,6,10,13-17,19,21H,1-2,5,7-9,11-12,18H2,(H,34,38)(H,33,35,39). The van der Waals surface area contributed by atoms with Crippen LogP contribution in [0.3, 0.4) is 0 Å². The number of halogens is 2. The van der Waals surface area contributed by atoms with Crippen LogP contribution in [-0.2, 0) is 11.3 Å². The van der Waals surface area contributed by atoms with E-state index in [0.717, 1.165) is 51.3 Å². The van der Waals surface area contributed by atoms with Crippen LogP contribution < -0.4 is 10.6 Å². The van der Waals surface area contributed by atoms with Gasteiger partial charge in [0.05, 0.1) is 10.5 Å². The number of nitro groups is 1. The zero-order valence-electron chi connectivity index (χ0n) is 22.4. The monoisotopic (exact) mass is 563 g/mol. The van der Waals surface area contributed by atoms with Crippen LogP contribution in [0, 0.1) is 33.6 Å². The average Bonchev–Trinajstić information content (AvgIpc) is 3.79. The summed E-state index contributed by atoms with van der Waals surface area (Å²) >= 11 is 0. The molecule has 0 bridgehead atoms. The lowest BCUT2D eigenvalue weighted by Crippen LogP contribution is -2.35. The van der Waals surface area contributed by atoms with Gasteiger partial charge < -0.3 is 10.6 Å². The van der Waals surface area contributed by atoms with E-state index in [0.29, 0.717) is 41.5 Å². The number of nitro benzene ring substituents is 1. The fourth-order valence-electron chi connectivity index (χ4n) is 5.19. The van der Waals surface area contributed by atoms with Gasteiger partial charge in [-0.3, -0.25) is 24.6 Å². The summed E-state index contributed by atoms with van der Waals surface area (Å²) in [5.41, 5.74) is 1.42. The smallest absolute Gasteiger partial charge is 0.277 e. The highest BCUT2D eigenvalue weighted by molar-refractivity contribution is 5.96. The maximum atomic E-state index is 13.5. The first-order valence-electron chi connectivity index (χ1n) is 13.8. The number of hydrogen-bond acceptors (Lipinski definition) is 6. The first-order chi connectivity index (χ1) is 19.7. The van der Waals surface area contributed by atoms with Crippen LogP contribution in [0.15, 0.2) is 54.7 Å². The topological polar surface area (TPSA) is 117 Å². The van der Waals surface area contributed by atoms with E-state index in [1.165, 1.54) is 30.5 Å². The molecule has 1 saturated heterocycles. The molecule has 9 nitrogen and oxygen atoms in total. The summed E-state index contributed by atoms with van der Waals surface area (Å²) < 4.78 is 26.9. The second kappa shape index (κ2) is 12.5. The second-order valence-electron chi connectivity index (χ2n) is 10.7. The molecule has 2 aliphatic rings. The number of piperidine rings is 1. The van der Waals surface area contributed by atoms with Gasteiger partial charge in [-0.1, -0.05) is 0 Å². The van der Waals surface area contributed by atoms with Gasteiger partial charge in [0.15, 0.2) is 0 Å². The Morgan fingerprint density at radius 1 is 1.00 bits per heavy atom. The highest BCUT2D eigenvalue weighted by Crippen LogP contribution is 2.33. The minimum atomic E-state index is -0.578. The van der Waals surface area contributed by atoms with Crippen molar-refractivity contribution in [2.75, 3.05) is 25.0 Å². The number of carbonyl (C=O) groups excluding carboxylic acids is 2. The van der Waals surface area contributed by atoms with Gasteiger partial charge in [-0.05, 0) is 98.6 Å². The number of hydrogen-bond donors (Lipinski definition) is 2. The molecule has 5 rings (SSSR count). The highest BCUT2D eigenvalue weighted by atomic mass is 19.1. The quantitative estimate of drug-likeness (QED) is 0.255. The first-order valence-corrected chi connectivity index (χ1v) is 13.8. The first kappa shape index (κ1) is 28.3. The molecular formula is C30H31F2N5O4. The third kappa shape index (κ3) is 7.49. The Bertz CT molecular complexity index is 1430. The fraction of sp³-hybridized carbons (Fsp3) is 0.367. The number of amides is 2. The van der Waals surface area contributed by atoms with Gasteiger partial charge in [-0.15, -0.1) is 0 Å². The van der Waals surface area contributed by atoms with Crippen molar-refractivity contribution in [3.63, 3.8) is 0 Å². The van der Waals surface area contributed by atoms with Crippen LogP contribution in [-0.4, -0.2) is 46.3 Å². The molecule has 3 aromatic rings. The Morgan fingerprint density at radius 2 is 1.73 bits per heavy atom. The fourth-order valence-corrected chi connectivity index (χ4v) is 5.19. The van der Waals surface area contributed by atoms with Crippen LogP contribution in [0.1, 0.15) is 48.0 Å². The lowest BCUT2D eigenvalue weighted by atomic mass is 9.93. The molecule has 0 atom stereocenters. The molecule has 214 valence electrons. The summed E-state index contributed by atoms with van der Waals surface area (Å²) in [6.45, 7) is 2.52. The predicted molar refractivity (Wildman–Crippen MR) is 149 cm³/mol. The minimum Gasteiger partial charge on any atom is -0.352 e. The molecule has 2 N–H and O–H groups in total. The van der Waals surface area contributed by atoms with Crippen molar-refractivity contribution in [1.82, 2.24) is 15.2 Å². The molecule has 41 heavy (non-hydrogen) atoms. The molecule has 1 aliphatic heterocycles. The Morgan fingerprint density at radius 3 is 2.41 bits per heavy atom. The molecule has 1 saturated carbocycles. The molecule has 2 fully saturated rings. The molecule has 0 spiro atoms. The van der Waals surface area contributed by atoms with Gasteiger partial charge in [0.1, 0.15) is 17.5 Å². The Labute approximate surface area is 236 Å². The van der Waals surface area contributed by atoms with Crippen LogP contribution in [0.25, 0.3) is 11.1 Å². The third-order valence-electron chi connectivity index (χ3n) is 7.60. The molecular weight excluding hydrogens is 532 g/mol. The van der Waals surface area contributed by atoms with Crippen molar-refractivity contribution in [1.29, 1.82) is 0 Å². The number of likely N-dealkylation sites (tertiary alicyclic amines) is 1. The van der Waals surface area contributed by atoms with Gasteiger partial charge in [0, 0.05) is 42.9 Å². The summed E-state index contributed by atoms with van der Waals surface area (Å²) in [5, 5.41) is 17.5. The lowest BCUT2D eigenvalue weighted by Gasteiger charge is -2.32. The highest BCUT2D eigenvalue weighted by Gasteiger charge is 2.30. The van der Waals surface area contributed by atoms with E-state index in [2.05, 4.69) is 20.5 Å². The van der Waals surface area contributed by atoms with Crippen molar-refractivity contribution >= 4 is 23.3 Å². The van der Waals surface area contributed by atoms with Crippen molar-refractivity contribution in [2.24, 2.45) is 11.8 Å². The third-order valence-corrected chi connectivity index (χ3v) is 7.60. The van der Waals surface area contributed by atoms with Crippen molar-refractivity contribution in [3.8, 4) is 11.1 Å². The number of nitrogens with one attached hydrogen (secondary N) is 2. The number of nitrogens with zero attached hydrogens (tertiary/aromatic N) is 3. The van der Waals surface area contributed by atoms with Crippen molar-refractivity contribution < 1.29 is 23.3 Å². The van der Waals surface area contributed by atoms with E-state index >= 15 is 0 Å². The van der Waals surface area contributed by atoms with E-state index in [4.69, 9.17) is 0 Å². The minimum absolute atomic E-state index is 0.000647. The number of pyridine rings is 1. The second-order valence-corrected chi connectivity index (χ2v) is 10.7. The average molecular weight is 564 g/mol. The molecule has 0 unspecified atom stereocenters. The SMILES string of the molecule is O=C(NCCC1CCN(Cc2cc(F)cc(F)c2)CC1)c1ccc(-c2ccnc(NC(=O)C3CC3)c2)c([N+](=O)[O-])c1. The van der Waals surface area contributed by atoms with Gasteiger partial charge in [-0.2, -0.15) is 0 Å². The maximum Gasteiger partial charge on any atom is 0.277 e. The van der Waals surface area contributed by atoms with E-state index in [-0.39, 0.29) is 23.1 Å². The van der Waals surface area contributed by atoms with Gasteiger partial charge >= 0.3 is 0 Å². The maximum absolute atomic E-state index is 13.5. The summed E-state index contributed by atoms with van der Waals surface area (Å²) in [6.07, 6.45) is 5.75. The number of carbonyl (C=O) groups is 2. The van der Waals surface area contributed by atoms with Crippen LogP contribution >= 0.6 is 0 Å². The molecule has 2 heterocycles. The lowest BCUT2D eigenvalue weighted by molar-refractivity contribution is -0.384. The predicted octanol–water partition coefficient (Wildman–Crippen LogP) is 5.32. The Balaban J connectivity index is 1.13. The summed E-state index contributed by atoms with van der Waals surface area (Å²) in [5.74, 6) is -0.936. The number of anilines is 1. The van der Waals surface area contributed by atoms with Gasteiger partial charge in [-0.25, -0.2) is 13.8 Å². The van der Waals surface area contributed by atoms with Crippen molar-refractivity contribution in [3.05, 3.63) is 87.6 Å². The molecule has 2 amide bonds. The van der Waals surface area contributed by atoms with Crippen LogP contribution in [0.5, 0.6) is 0 Å². The van der Waals surface area contributed by atoms with Gasteiger partial charge in [0.25, 0.3) is 11.6 Å². The normalized spacial score (nSPS) is 15.9. The molecule has 11 heteroatoms. The van der Waals surface area contributed by atoms with E-state index < -0.39 is 22.5 Å². The van der Waals surface area contributed by atoms with E-state index in [9.17, 15) is 28.5 Å². The summed E-state index contributed by atoms with van der Waals surface area (Å²) in [4.78, 5) is 42.5. The van der Waals surface area contributed by atoms with Crippen LogP contribution in [0.4, 0.5) is 20.3 Å². The number of aromatic nitrogens is 1. The molecule has 1 aliphatic carbocycles.